The summed E-state index contributed by atoms with van der Waals surface area (Å²) in [7, 11) is 0. The van der Waals surface area contributed by atoms with Crippen molar-refractivity contribution in [2.45, 2.75) is 26.3 Å². The molecule has 146 valence electrons. The summed E-state index contributed by atoms with van der Waals surface area (Å²) in [6.45, 7) is 3.01. The molecule has 4 rings (SSSR count). The van der Waals surface area contributed by atoms with Crippen LogP contribution >= 0.6 is 0 Å². The van der Waals surface area contributed by atoms with Gasteiger partial charge in [0.1, 0.15) is 5.52 Å². The highest BCUT2D eigenvalue weighted by atomic mass is 16.6. The zero-order chi connectivity index (χ0) is 20.2. The Labute approximate surface area is 166 Å². The number of nitro groups is 1. The Kier molecular flexibility index (Phi) is 5.10. The number of hydrogen-bond donors (Lipinski definition) is 1. The van der Waals surface area contributed by atoms with E-state index in [1.165, 1.54) is 12.1 Å². The van der Waals surface area contributed by atoms with Crippen LogP contribution in [0.25, 0.3) is 22.1 Å². The van der Waals surface area contributed by atoms with Crippen molar-refractivity contribution in [3.8, 4) is 0 Å². The lowest BCUT2D eigenvalue weighted by molar-refractivity contribution is -0.384. The summed E-state index contributed by atoms with van der Waals surface area (Å²) >= 11 is 0. The first-order valence-electron chi connectivity index (χ1n) is 9.32. The summed E-state index contributed by atoms with van der Waals surface area (Å²) in [4.78, 5) is 14.9. The molecular weight excluding hydrogens is 370 g/mol. The number of para-hydroxylation sites is 1. The third-order valence-corrected chi connectivity index (χ3v) is 4.59. The quantitative estimate of drug-likeness (QED) is 0.289. The number of aromatic nitrogens is 4. The summed E-state index contributed by atoms with van der Waals surface area (Å²) in [6.07, 6.45) is 3.67. The van der Waals surface area contributed by atoms with Gasteiger partial charge in [0.25, 0.3) is 11.6 Å². The van der Waals surface area contributed by atoms with Gasteiger partial charge in [-0.3, -0.25) is 10.1 Å². The summed E-state index contributed by atoms with van der Waals surface area (Å²) in [5.74, 6) is 0.288. The first-order valence-corrected chi connectivity index (χ1v) is 9.32. The SMILES string of the molecule is CCCCn1c2ccccc2c2nnc(N/N=C/c3ccc([N+](=O)[O-])cc3)nc21. The molecule has 2 aromatic carbocycles. The number of non-ortho nitro benzene ring substituents is 1. The number of unbranched alkanes of at least 4 members (excludes halogenated alkanes) is 1. The number of nitro benzene ring substituents is 1. The van der Waals surface area contributed by atoms with Crippen molar-refractivity contribution in [3.05, 3.63) is 64.2 Å². The minimum atomic E-state index is -0.439. The van der Waals surface area contributed by atoms with E-state index in [4.69, 9.17) is 0 Å². The van der Waals surface area contributed by atoms with Gasteiger partial charge >= 0.3 is 0 Å². The standard InChI is InChI=1S/C20H19N7O2/c1-2-3-12-26-17-7-5-4-6-16(17)18-19(26)22-20(25-23-18)24-21-13-14-8-10-15(11-9-14)27(28)29/h4-11,13H,2-3,12H2,1H3,(H,22,24,25)/b21-13+. The number of hydrogen-bond acceptors (Lipinski definition) is 7. The van der Waals surface area contributed by atoms with Gasteiger partial charge < -0.3 is 4.57 Å². The molecule has 2 aromatic heterocycles. The Morgan fingerprint density at radius 3 is 2.72 bits per heavy atom. The highest BCUT2D eigenvalue weighted by Crippen LogP contribution is 2.26. The van der Waals surface area contributed by atoms with E-state index < -0.39 is 4.92 Å². The number of hydrazone groups is 1. The Morgan fingerprint density at radius 1 is 1.17 bits per heavy atom. The lowest BCUT2D eigenvalue weighted by Gasteiger charge is -2.05. The van der Waals surface area contributed by atoms with Crippen LogP contribution in [0, 0.1) is 10.1 Å². The van der Waals surface area contributed by atoms with E-state index in [-0.39, 0.29) is 11.6 Å². The number of nitrogens with zero attached hydrogens (tertiary/aromatic N) is 6. The molecule has 0 saturated heterocycles. The smallest absolute Gasteiger partial charge is 0.269 e. The minimum absolute atomic E-state index is 0.0352. The van der Waals surface area contributed by atoms with Gasteiger partial charge in [-0.2, -0.15) is 10.1 Å². The maximum atomic E-state index is 10.7. The van der Waals surface area contributed by atoms with Crippen LogP contribution in [0.2, 0.25) is 0 Å². The number of fused-ring (bicyclic) bond motifs is 3. The second kappa shape index (κ2) is 8.01. The average molecular weight is 389 g/mol. The molecule has 9 heteroatoms. The number of anilines is 1. The van der Waals surface area contributed by atoms with Crippen molar-refractivity contribution in [1.82, 2.24) is 19.7 Å². The zero-order valence-corrected chi connectivity index (χ0v) is 15.8. The molecule has 0 fully saturated rings. The van der Waals surface area contributed by atoms with Crippen molar-refractivity contribution >= 4 is 39.9 Å². The minimum Gasteiger partial charge on any atom is -0.324 e. The highest BCUT2D eigenvalue weighted by molar-refractivity contribution is 6.04. The molecule has 4 aromatic rings. The molecule has 0 amide bonds. The maximum absolute atomic E-state index is 10.7. The molecule has 0 saturated carbocycles. The Hall–Kier alpha value is -3.88. The van der Waals surface area contributed by atoms with Gasteiger partial charge in [-0.15, -0.1) is 10.2 Å². The third-order valence-electron chi connectivity index (χ3n) is 4.59. The van der Waals surface area contributed by atoms with Crippen molar-refractivity contribution in [3.63, 3.8) is 0 Å². The molecule has 0 radical (unpaired) electrons. The first kappa shape index (κ1) is 18.5. The van der Waals surface area contributed by atoms with Crippen molar-refractivity contribution in [2.75, 3.05) is 5.43 Å². The van der Waals surface area contributed by atoms with Crippen molar-refractivity contribution in [1.29, 1.82) is 0 Å². The van der Waals surface area contributed by atoms with Gasteiger partial charge in [0, 0.05) is 24.1 Å². The van der Waals surface area contributed by atoms with Gasteiger partial charge in [-0.05, 0) is 30.2 Å². The number of rotatable bonds is 7. The molecule has 1 N–H and O–H groups in total. The van der Waals surface area contributed by atoms with Crippen molar-refractivity contribution in [2.24, 2.45) is 5.10 Å². The van der Waals surface area contributed by atoms with Gasteiger partial charge in [0.05, 0.1) is 16.7 Å². The van der Waals surface area contributed by atoms with Crippen LogP contribution in [0.5, 0.6) is 0 Å². The zero-order valence-electron chi connectivity index (χ0n) is 15.8. The van der Waals surface area contributed by atoms with E-state index in [9.17, 15) is 10.1 Å². The molecule has 29 heavy (non-hydrogen) atoms. The molecule has 2 heterocycles. The van der Waals surface area contributed by atoms with Gasteiger partial charge in [0.15, 0.2) is 5.65 Å². The fraction of sp³-hybridized carbons (Fsp3) is 0.200. The molecule has 0 bridgehead atoms. The molecule has 9 nitrogen and oxygen atoms in total. The Bertz CT molecular complexity index is 1200. The molecule has 0 aliphatic heterocycles. The van der Waals surface area contributed by atoms with Crippen molar-refractivity contribution < 1.29 is 4.92 Å². The van der Waals surface area contributed by atoms with Crippen LogP contribution in [0.1, 0.15) is 25.3 Å². The average Bonchev–Trinajstić information content (AvgIpc) is 3.05. The summed E-state index contributed by atoms with van der Waals surface area (Å²) in [5.41, 5.74) is 6.16. The molecule has 0 spiro atoms. The second-order valence-corrected chi connectivity index (χ2v) is 6.55. The second-order valence-electron chi connectivity index (χ2n) is 6.55. The molecular formula is C20H19N7O2. The Morgan fingerprint density at radius 2 is 1.97 bits per heavy atom. The van der Waals surface area contributed by atoms with Crippen LogP contribution < -0.4 is 5.43 Å². The maximum Gasteiger partial charge on any atom is 0.269 e. The predicted octanol–water partition coefficient (Wildman–Crippen LogP) is 4.13. The van der Waals surface area contributed by atoms with E-state index in [1.807, 2.05) is 18.2 Å². The largest absolute Gasteiger partial charge is 0.324 e. The lowest BCUT2D eigenvalue weighted by Crippen LogP contribution is -2.03. The van der Waals surface area contributed by atoms with E-state index in [2.05, 4.69) is 43.3 Å². The van der Waals surface area contributed by atoms with Crippen LogP contribution in [0.3, 0.4) is 0 Å². The molecule has 0 aliphatic carbocycles. The van der Waals surface area contributed by atoms with Gasteiger partial charge in [-0.1, -0.05) is 31.5 Å². The van der Waals surface area contributed by atoms with Crippen LogP contribution in [0.15, 0.2) is 53.6 Å². The normalized spacial score (nSPS) is 11.5. The van der Waals surface area contributed by atoms with E-state index in [0.717, 1.165) is 41.5 Å². The monoisotopic (exact) mass is 389 g/mol. The number of nitrogens with one attached hydrogen (secondary N) is 1. The molecule has 0 aliphatic rings. The van der Waals surface area contributed by atoms with Crippen LogP contribution in [-0.2, 0) is 6.54 Å². The number of benzene rings is 2. The highest BCUT2D eigenvalue weighted by Gasteiger charge is 2.14. The van der Waals surface area contributed by atoms with Crippen LogP contribution in [-0.4, -0.2) is 30.9 Å². The third kappa shape index (κ3) is 3.75. The fourth-order valence-electron chi connectivity index (χ4n) is 3.14. The van der Waals surface area contributed by atoms with Gasteiger partial charge in [-0.25, -0.2) is 5.43 Å². The Balaban J connectivity index is 1.61. The van der Waals surface area contributed by atoms with E-state index in [1.54, 1.807) is 18.3 Å². The van der Waals surface area contributed by atoms with Gasteiger partial charge in [0.2, 0.25) is 0 Å². The topological polar surface area (TPSA) is 111 Å². The fourth-order valence-corrected chi connectivity index (χ4v) is 3.14. The predicted molar refractivity (Wildman–Crippen MR) is 112 cm³/mol. The molecule has 0 unspecified atom stereocenters. The molecule has 0 atom stereocenters. The summed E-state index contributed by atoms with van der Waals surface area (Å²) in [5, 5.41) is 24.3. The van der Waals surface area contributed by atoms with E-state index in [0.29, 0.717) is 5.56 Å². The first-order chi connectivity index (χ1) is 14.2. The van der Waals surface area contributed by atoms with E-state index >= 15 is 0 Å². The summed E-state index contributed by atoms with van der Waals surface area (Å²) in [6, 6.07) is 14.2. The summed E-state index contributed by atoms with van der Waals surface area (Å²) < 4.78 is 2.16. The lowest BCUT2D eigenvalue weighted by atomic mass is 10.2. The van der Waals surface area contributed by atoms with Crippen LogP contribution in [0.4, 0.5) is 11.6 Å². The number of aryl methyl sites for hydroxylation is 1.